The van der Waals surface area contributed by atoms with Crippen molar-refractivity contribution in [1.29, 1.82) is 0 Å². The number of fused-ring (bicyclic) bond motifs is 1. The van der Waals surface area contributed by atoms with E-state index in [0.717, 1.165) is 61.1 Å². The lowest BCUT2D eigenvalue weighted by Crippen LogP contribution is -2.43. The Morgan fingerprint density at radius 3 is 2.68 bits per heavy atom. The Labute approximate surface area is 241 Å². The van der Waals surface area contributed by atoms with Crippen LogP contribution in [0.1, 0.15) is 45.6 Å². The molecule has 216 valence electrons. The molecule has 3 heterocycles. The number of aromatic nitrogens is 3. The number of aromatic hydroxyl groups is 1. The molecule has 0 aliphatic carbocycles. The van der Waals surface area contributed by atoms with Gasteiger partial charge < -0.3 is 24.8 Å². The van der Waals surface area contributed by atoms with Crippen LogP contribution in [-0.2, 0) is 18.4 Å². The molecule has 1 aliphatic rings. The fourth-order valence-electron chi connectivity index (χ4n) is 5.21. The highest BCUT2D eigenvalue weighted by atomic mass is 16.6. The molecule has 9 heteroatoms. The highest BCUT2D eigenvalue weighted by molar-refractivity contribution is 5.96. The van der Waals surface area contributed by atoms with Crippen LogP contribution in [0.2, 0.25) is 0 Å². The van der Waals surface area contributed by atoms with Crippen LogP contribution in [-0.4, -0.2) is 56.1 Å². The van der Waals surface area contributed by atoms with Gasteiger partial charge in [0.1, 0.15) is 17.9 Å². The van der Waals surface area contributed by atoms with Crippen LogP contribution in [0, 0.1) is 5.92 Å². The number of likely N-dealkylation sites (tertiary alicyclic amines) is 1. The standard InChI is InChI=1S/C32H39N5O4/c1-32(2,3)41-31(39)37-18-8-11-22(20-37)16-17-33-24-12-13-25-27(19-24)36(4)35-29(25)26-14-15-28(34-30(26)38)40-21-23-9-6-5-7-10-23/h5-7,9-10,12-15,19,22,33H,8,11,16-18,20-21H2,1-4H3,(H,34,38). The zero-order valence-corrected chi connectivity index (χ0v) is 24.3. The summed E-state index contributed by atoms with van der Waals surface area (Å²) in [6, 6.07) is 19.5. The molecule has 41 heavy (non-hydrogen) atoms. The van der Waals surface area contributed by atoms with Gasteiger partial charge in [-0.15, -0.1) is 0 Å². The Morgan fingerprint density at radius 2 is 1.93 bits per heavy atom. The molecule has 0 saturated carbocycles. The van der Waals surface area contributed by atoms with Gasteiger partial charge >= 0.3 is 6.09 Å². The molecule has 1 aliphatic heterocycles. The summed E-state index contributed by atoms with van der Waals surface area (Å²) in [7, 11) is 1.89. The molecule has 2 aromatic heterocycles. The number of nitrogens with one attached hydrogen (secondary N) is 1. The SMILES string of the molecule is Cn1nc(-c2ccc(OCc3ccccc3)nc2O)c2ccc(NCCC3CCCN(C(=O)OC(C)(C)C)C3)cc21. The number of pyridine rings is 1. The van der Waals surface area contributed by atoms with Crippen molar-refractivity contribution in [3.63, 3.8) is 0 Å². The van der Waals surface area contributed by atoms with Gasteiger partial charge in [-0.05, 0) is 75.8 Å². The maximum atomic E-state index is 12.5. The molecule has 2 aromatic carbocycles. The smallest absolute Gasteiger partial charge is 0.410 e. The van der Waals surface area contributed by atoms with Crippen molar-refractivity contribution in [1.82, 2.24) is 19.7 Å². The average Bonchev–Trinajstić information content (AvgIpc) is 3.27. The monoisotopic (exact) mass is 557 g/mol. The first kappa shape index (κ1) is 28.3. The van der Waals surface area contributed by atoms with Crippen molar-refractivity contribution in [2.45, 2.75) is 52.2 Å². The lowest BCUT2D eigenvalue weighted by Gasteiger charge is -2.34. The van der Waals surface area contributed by atoms with Gasteiger partial charge in [0.2, 0.25) is 11.8 Å². The molecule has 0 radical (unpaired) electrons. The largest absolute Gasteiger partial charge is 0.493 e. The Bertz CT molecular complexity index is 1500. The number of hydrogen-bond acceptors (Lipinski definition) is 7. The lowest BCUT2D eigenvalue weighted by atomic mass is 9.95. The third kappa shape index (κ3) is 7.09. The minimum Gasteiger partial charge on any atom is -0.493 e. The molecule has 1 fully saturated rings. The minimum atomic E-state index is -0.481. The quantitative estimate of drug-likeness (QED) is 0.260. The summed E-state index contributed by atoms with van der Waals surface area (Å²) in [4.78, 5) is 18.6. The summed E-state index contributed by atoms with van der Waals surface area (Å²) < 4.78 is 13.1. The van der Waals surface area contributed by atoms with Crippen LogP contribution in [0.3, 0.4) is 0 Å². The molecular formula is C32H39N5O4. The molecule has 5 rings (SSSR count). The molecule has 2 N–H and O–H groups in total. The second kappa shape index (κ2) is 12.1. The van der Waals surface area contributed by atoms with Crippen LogP contribution >= 0.6 is 0 Å². The molecule has 1 amide bonds. The first-order valence-corrected chi connectivity index (χ1v) is 14.2. The topological polar surface area (TPSA) is 102 Å². The number of aryl methyl sites for hydroxylation is 1. The van der Waals surface area contributed by atoms with Gasteiger partial charge in [-0.25, -0.2) is 4.79 Å². The lowest BCUT2D eigenvalue weighted by molar-refractivity contribution is 0.0163. The van der Waals surface area contributed by atoms with Crippen LogP contribution in [0.25, 0.3) is 22.2 Å². The van der Waals surface area contributed by atoms with E-state index >= 15 is 0 Å². The Balaban J connectivity index is 1.20. The van der Waals surface area contributed by atoms with Crippen molar-refractivity contribution in [2.75, 3.05) is 25.0 Å². The van der Waals surface area contributed by atoms with E-state index in [1.807, 2.05) is 79.9 Å². The third-order valence-electron chi connectivity index (χ3n) is 7.24. The summed E-state index contributed by atoms with van der Waals surface area (Å²) in [6.07, 6.45) is 2.85. The average molecular weight is 558 g/mol. The first-order valence-electron chi connectivity index (χ1n) is 14.2. The van der Waals surface area contributed by atoms with Crippen LogP contribution in [0.15, 0.2) is 60.7 Å². The molecule has 1 atom stereocenters. The number of hydrogen-bond donors (Lipinski definition) is 2. The van der Waals surface area contributed by atoms with Gasteiger partial charge in [0.05, 0.1) is 11.1 Å². The third-order valence-corrected chi connectivity index (χ3v) is 7.24. The maximum Gasteiger partial charge on any atom is 0.410 e. The zero-order valence-electron chi connectivity index (χ0n) is 24.3. The Morgan fingerprint density at radius 1 is 1.12 bits per heavy atom. The molecule has 9 nitrogen and oxygen atoms in total. The van der Waals surface area contributed by atoms with Crippen molar-refractivity contribution < 1.29 is 19.4 Å². The van der Waals surface area contributed by atoms with Gasteiger partial charge in [-0.2, -0.15) is 10.1 Å². The number of anilines is 1. The molecular weight excluding hydrogens is 518 g/mol. The molecule has 0 bridgehead atoms. The van der Waals surface area contributed by atoms with E-state index in [0.29, 0.717) is 29.7 Å². The fourth-order valence-corrected chi connectivity index (χ4v) is 5.21. The minimum absolute atomic E-state index is 0.120. The van der Waals surface area contributed by atoms with Gasteiger partial charge in [0.25, 0.3) is 0 Å². The number of benzene rings is 2. The van der Waals surface area contributed by atoms with E-state index in [1.165, 1.54) is 0 Å². The molecule has 4 aromatic rings. The second-order valence-electron chi connectivity index (χ2n) is 11.6. The van der Waals surface area contributed by atoms with E-state index in [2.05, 4.69) is 21.5 Å². The van der Waals surface area contributed by atoms with Gasteiger partial charge in [-0.1, -0.05) is 30.3 Å². The van der Waals surface area contributed by atoms with E-state index in [4.69, 9.17) is 9.47 Å². The number of carbonyl (C=O) groups excluding carboxylic acids is 1. The molecule has 0 spiro atoms. The summed E-state index contributed by atoms with van der Waals surface area (Å²) in [6.45, 7) is 8.36. The number of carbonyl (C=O) groups is 1. The van der Waals surface area contributed by atoms with E-state index in [-0.39, 0.29) is 12.0 Å². The maximum absolute atomic E-state index is 12.5. The number of ether oxygens (including phenoxy) is 2. The number of rotatable bonds is 8. The van der Waals surface area contributed by atoms with Gasteiger partial charge in [-0.3, -0.25) is 4.68 Å². The molecule has 1 unspecified atom stereocenters. The van der Waals surface area contributed by atoms with Gasteiger partial charge in [0.15, 0.2) is 0 Å². The summed E-state index contributed by atoms with van der Waals surface area (Å²) in [5.74, 6) is 0.672. The summed E-state index contributed by atoms with van der Waals surface area (Å²) in [5, 5.41) is 19.9. The normalized spacial score (nSPS) is 15.6. The summed E-state index contributed by atoms with van der Waals surface area (Å²) >= 11 is 0. The van der Waals surface area contributed by atoms with Crippen molar-refractivity contribution in [3.05, 3.63) is 66.2 Å². The predicted octanol–water partition coefficient (Wildman–Crippen LogP) is 6.37. The predicted molar refractivity (Wildman–Crippen MR) is 160 cm³/mol. The number of piperidine rings is 1. The Kier molecular flexibility index (Phi) is 8.33. The van der Waals surface area contributed by atoms with E-state index < -0.39 is 5.60 Å². The van der Waals surface area contributed by atoms with Gasteiger partial charge in [0, 0.05) is 43.8 Å². The summed E-state index contributed by atoms with van der Waals surface area (Å²) in [5.41, 5.74) is 3.71. The van der Waals surface area contributed by atoms with E-state index in [9.17, 15) is 9.90 Å². The van der Waals surface area contributed by atoms with Crippen LogP contribution < -0.4 is 10.1 Å². The highest BCUT2D eigenvalue weighted by Crippen LogP contribution is 2.35. The Hall–Kier alpha value is -4.27. The van der Waals surface area contributed by atoms with Crippen molar-refractivity contribution in [3.8, 4) is 23.0 Å². The van der Waals surface area contributed by atoms with Crippen LogP contribution in [0.5, 0.6) is 11.8 Å². The van der Waals surface area contributed by atoms with Crippen molar-refractivity contribution >= 4 is 22.7 Å². The number of amides is 1. The zero-order chi connectivity index (χ0) is 29.0. The first-order chi connectivity index (χ1) is 19.7. The second-order valence-corrected chi connectivity index (χ2v) is 11.6. The fraction of sp³-hybridized carbons (Fsp3) is 0.406. The van der Waals surface area contributed by atoms with Crippen molar-refractivity contribution in [2.24, 2.45) is 13.0 Å². The van der Waals surface area contributed by atoms with E-state index in [1.54, 1.807) is 12.1 Å². The number of nitrogens with zero attached hydrogens (tertiary/aromatic N) is 4. The molecule has 1 saturated heterocycles. The highest BCUT2D eigenvalue weighted by Gasteiger charge is 2.27. The van der Waals surface area contributed by atoms with Crippen LogP contribution in [0.4, 0.5) is 10.5 Å².